The number of carbonyl (C=O) groups excluding carboxylic acids is 1. The van der Waals surface area contributed by atoms with Crippen molar-refractivity contribution in [2.45, 2.75) is 19.0 Å². The van der Waals surface area contributed by atoms with Gasteiger partial charge in [0.25, 0.3) is 0 Å². The van der Waals surface area contributed by atoms with Gasteiger partial charge in [0.1, 0.15) is 18.8 Å². The van der Waals surface area contributed by atoms with Gasteiger partial charge in [0.05, 0.1) is 18.3 Å². The molecule has 3 aromatic heterocycles. The summed E-state index contributed by atoms with van der Waals surface area (Å²) >= 11 is 0. The third-order valence-corrected chi connectivity index (χ3v) is 4.43. The van der Waals surface area contributed by atoms with Gasteiger partial charge in [0, 0.05) is 26.4 Å². The first-order valence-corrected chi connectivity index (χ1v) is 8.44. The fourth-order valence-corrected chi connectivity index (χ4v) is 3.22. The minimum absolute atomic E-state index is 0.0761. The first-order chi connectivity index (χ1) is 12.7. The van der Waals surface area contributed by atoms with Gasteiger partial charge in [0.2, 0.25) is 5.91 Å². The molecule has 0 unspecified atom stereocenters. The highest BCUT2D eigenvalue weighted by atomic mass is 16.5. The maximum atomic E-state index is 11.6. The molecule has 4 heterocycles. The van der Waals surface area contributed by atoms with E-state index in [4.69, 9.17) is 4.74 Å². The lowest BCUT2D eigenvalue weighted by Gasteiger charge is -2.34. The summed E-state index contributed by atoms with van der Waals surface area (Å²) in [6.07, 6.45) is 4.18. The molecule has 4 rings (SSSR count). The van der Waals surface area contributed by atoms with Crippen molar-refractivity contribution in [3.05, 3.63) is 36.4 Å². The Kier molecular flexibility index (Phi) is 4.48. The van der Waals surface area contributed by atoms with Crippen LogP contribution in [-0.2, 0) is 16.1 Å². The number of methoxy groups -OCH3 is 1. The quantitative estimate of drug-likeness (QED) is 0.665. The summed E-state index contributed by atoms with van der Waals surface area (Å²) in [6, 6.07) is 6.02. The Morgan fingerprint density at radius 3 is 3.19 bits per heavy atom. The zero-order chi connectivity index (χ0) is 17.9. The minimum Gasteiger partial charge on any atom is -0.375 e. The number of carbonyl (C=O) groups is 1. The summed E-state index contributed by atoms with van der Waals surface area (Å²) in [5, 5.41) is 19.8. The van der Waals surface area contributed by atoms with Gasteiger partial charge < -0.3 is 15.0 Å². The molecule has 0 aliphatic carbocycles. The maximum absolute atomic E-state index is 11.6. The molecule has 3 aromatic rings. The Hall–Kier alpha value is -3.01. The molecule has 0 saturated heterocycles. The third kappa shape index (κ3) is 3.23. The molecule has 0 aromatic carbocycles. The number of aromatic nitrogens is 6. The summed E-state index contributed by atoms with van der Waals surface area (Å²) in [7, 11) is 1.51. The smallest absolute Gasteiger partial charge is 0.245 e. The van der Waals surface area contributed by atoms with E-state index >= 15 is 0 Å². The van der Waals surface area contributed by atoms with Gasteiger partial charge in [-0.25, -0.2) is 0 Å². The van der Waals surface area contributed by atoms with Gasteiger partial charge in [-0.3, -0.25) is 9.48 Å². The molecule has 1 N–H and O–H groups in total. The number of anilines is 1. The van der Waals surface area contributed by atoms with E-state index in [0.29, 0.717) is 12.2 Å². The van der Waals surface area contributed by atoms with Crippen molar-refractivity contribution in [1.82, 2.24) is 34.9 Å². The van der Waals surface area contributed by atoms with Gasteiger partial charge in [-0.2, -0.15) is 9.61 Å². The van der Waals surface area contributed by atoms with Crippen LogP contribution in [0.1, 0.15) is 18.2 Å². The monoisotopic (exact) mass is 356 g/mol. The van der Waals surface area contributed by atoms with Crippen molar-refractivity contribution >= 4 is 17.4 Å². The van der Waals surface area contributed by atoms with Gasteiger partial charge in [0.15, 0.2) is 5.65 Å². The van der Waals surface area contributed by atoms with Gasteiger partial charge in [-0.1, -0.05) is 0 Å². The number of hydrogen-bond acceptors (Lipinski definition) is 7. The number of nitrogens with zero attached hydrogens (tertiary/aromatic N) is 7. The van der Waals surface area contributed by atoms with Crippen LogP contribution in [0.15, 0.2) is 30.7 Å². The van der Waals surface area contributed by atoms with Crippen molar-refractivity contribution in [2.75, 3.05) is 31.7 Å². The van der Waals surface area contributed by atoms with Crippen molar-refractivity contribution in [2.24, 2.45) is 0 Å². The second-order valence-corrected chi connectivity index (χ2v) is 6.20. The van der Waals surface area contributed by atoms with Crippen LogP contribution in [0.5, 0.6) is 0 Å². The lowest BCUT2D eigenvalue weighted by molar-refractivity contribution is -0.124. The Morgan fingerprint density at radius 2 is 2.31 bits per heavy atom. The fourth-order valence-electron chi connectivity index (χ4n) is 3.22. The van der Waals surface area contributed by atoms with E-state index in [1.165, 1.54) is 7.11 Å². The van der Waals surface area contributed by atoms with E-state index in [1.54, 1.807) is 10.8 Å². The van der Waals surface area contributed by atoms with Crippen LogP contribution in [0.2, 0.25) is 0 Å². The van der Waals surface area contributed by atoms with Crippen LogP contribution in [0.4, 0.5) is 5.82 Å². The second kappa shape index (κ2) is 7.08. The minimum atomic E-state index is -0.111. The predicted octanol–water partition coefficient (Wildman–Crippen LogP) is 0.0348. The van der Waals surface area contributed by atoms with Crippen LogP contribution in [0.25, 0.3) is 5.65 Å². The largest absolute Gasteiger partial charge is 0.375 e. The van der Waals surface area contributed by atoms with Crippen molar-refractivity contribution in [3.63, 3.8) is 0 Å². The van der Waals surface area contributed by atoms with Crippen LogP contribution in [-0.4, -0.2) is 62.3 Å². The molecule has 0 saturated carbocycles. The molecule has 0 fully saturated rings. The number of amides is 1. The molecule has 0 bridgehead atoms. The first-order valence-electron chi connectivity index (χ1n) is 8.44. The zero-order valence-electron chi connectivity index (χ0n) is 14.4. The van der Waals surface area contributed by atoms with E-state index in [2.05, 4.69) is 30.6 Å². The number of hydrogen-bond donors (Lipinski definition) is 1. The average molecular weight is 356 g/mol. The lowest BCUT2D eigenvalue weighted by atomic mass is 10.1. The van der Waals surface area contributed by atoms with Crippen molar-refractivity contribution in [3.8, 4) is 0 Å². The first kappa shape index (κ1) is 16.5. The van der Waals surface area contributed by atoms with Crippen LogP contribution < -0.4 is 10.2 Å². The van der Waals surface area contributed by atoms with E-state index in [1.807, 2.05) is 29.1 Å². The van der Waals surface area contributed by atoms with Crippen molar-refractivity contribution < 1.29 is 9.53 Å². The van der Waals surface area contributed by atoms with E-state index in [0.717, 1.165) is 31.0 Å². The number of nitrogens with one attached hydrogen (secondary N) is 1. The average Bonchev–Trinajstić information content (AvgIpc) is 3.30. The van der Waals surface area contributed by atoms with E-state index in [9.17, 15) is 4.79 Å². The predicted molar refractivity (Wildman–Crippen MR) is 92.6 cm³/mol. The Morgan fingerprint density at radius 1 is 1.38 bits per heavy atom. The number of rotatable bonds is 6. The number of ether oxygens (including phenoxy) is 1. The lowest BCUT2D eigenvalue weighted by Crippen LogP contribution is -2.40. The Labute approximate surface area is 149 Å². The van der Waals surface area contributed by atoms with Crippen molar-refractivity contribution in [1.29, 1.82) is 0 Å². The Balaban J connectivity index is 1.49. The van der Waals surface area contributed by atoms with Gasteiger partial charge >= 0.3 is 0 Å². The highest BCUT2D eigenvalue weighted by Crippen LogP contribution is 2.26. The maximum Gasteiger partial charge on any atom is 0.245 e. The molecule has 0 radical (unpaired) electrons. The van der Waals surface area contributed by atoms with Crippen LogP contribution in [0.3, 0.4) is 0 Å². The van der Waals surface area contributed by atoms with E-state index in [-0.39, 0.29) is 18.6 Å². The topological polar surface area (TPSA) is 102 Å². The van der Waals surface area contributed by atoms with Crippen LogP contribution in [0, 0.1) is 0 Å². The molecular weight excluding hydrogens is 336 g/mol. The Bertz CT molecular complexity index is 904. The third-order valence-electron chi connectivity index (χ3n) is 4.43. The standard InChI is InChI=1S/C16H20N8O2/c1-26-10-16(25)17-6-4-12-8-22(9-13-5-7-19-24(12)13)15-3-2-14-20-18-11-23(14)21-15/h2-3,5,7,11-12H,4,6,8-10H2,1H3,(H,17,25)/t12-/m0/s1. The summed E-state index contributed by atoms with van der Waals surface area (Å²) in [6.45, 7) is 2.13. The molecule has 10 heteroatoms. The second-order valence-electron chi connectivity index (χ2n) is 6.20. The molecule has 10 nitrogen and oxygen atoms in total. The highest BCUT2D eigenvalue weighted by molar-refractivity contribution is 5.77. The summed E-state index contributed by atoms with van der Waals surface area (Å²) in [5.74, 6) is 0.749. The zero-order valence-corrected chi connectivity index (χ0v) is 14.4. The molecule has 136 valence electrons. The van der Waals surface area contributed by atoms with Crippen LogP contribution >= 0.6 is 0 Å². The van der Waals surface area contributed by atoms with Gasteiger partial charge in [-0.15, -0.1) is 15.3 Å². The molecular formula is C16H20N8O2. The molecule has 1 aliphatic heterocycles. The summed E-state index contributed by atoms with van der Waals surface area (Å²) in [5.41, 5.74) is 1.84. The number of fused-ring (bicyclic) bond motifs is 2. The van der Waals surface area contributed by atoms with E-state index < -0.39 is 0 Å². The summed E-state index contributed by atoms with van der Waals surface area (Å²) in [4.78, 5) is 13.8. The highest BCUT2D eigenvalue weighted by Gasteiger charge is 2.26. The SMILES string of the molecule is COCC(=O)NCC[C@H]1CN(c2ccc3nncn3n2)Cc2ccnn21. The summed E-state index contributed by atoms with van der Waals surface area (Å²) < 4.78 is 8.54. The molecule has 1 aliphatic rings. The fraction of sp³-hybridized carbons (Fsp3) is 0.438. The molecule has 1 atom stereocenters. The molecule has 0 spiro atoms. The normalized spacial score (nSPS) is 16.7. The molecule has 1 amide bonds. The molecule has 26 heavy (non-hydrogen) atoms. The van der Waals surface area contributed by atoms with Gasteiger partial charge in [-0.05, 0) is 24.6 Å².